The molecule has 6 nitrogen and oxygen atoms in total. The molecule has 0 spiro atoms. The molecule has 1 amide bonds. The second-order valence-corrected chi connectivity index (χ2v) is 10.2. The van der Waals surface area contributed by atoms with Gasteiger partial charge in [-0.15, -0.1) is 0 Å². The summed E-state index contributed by atoms with van der Waals surface area (Å²) < 4.78 is 30.4. The number of hydrogen-bond acceptors (Lipinski definition) is 5. The van der Waals surface area contributed by atoms with Crippen molar-refractivity contribution in [1.82, 2.24) is 4.90 Å². The van der Waals surface area contributed by atoms with Crippen molar-refractivity contribution in [1.29, 1.82) is 0 Å². The first kappa shape index (κ1) is 20.2. The van der Waals surface area contributed by atoms with E-state index < -0.39 is 15.9 Å². The van der Waals surface area contributed by atoms with E-state index in [2.05, 4.69) is 0 Å². The highest BCUT2D eigenvalue weighted by Gasteiger charge is 2.49. The van der Waals surface area contributed by atoms with Gasteiger partial charge in [0.1, 0.15) is 5.75 Å². The minimum Gasteiger partial charge on any atom is -0.496 e. The van der Waals surface area contributed by atoms with E-state index in [1.807, 2.05) is 48.2 Å². The third-order valence-corrected chi connectivity index (χ3v) is 7.81. The average molecular weight is 435 g/mol. The van der Waals surface area contributed by atoms with Gasteiger partial charge in [0.25, 0.3) is 0 Å². The maximum Gasteiger partial charge on any atom is 0.241 e. The van der Waals surface area contributed by atoms with E-state index in [0.29, 0.717) is 17.3 Å². The lowest BCUT2D eigenvalue weighted by Gasteiger charge is -2.43. The SMILES string of the molecule is COc1ccccc1CN1CC(=O)N(c2ccc(C)c(Cl)c2)C2CS(=O)(=O)CC21. The summed E-state index contributed by atoms with van der Waals surface area (Å²) in [6.07, 6.45) is 0. The van der Waals surface area contributed by atoms with Gasteiger partial charge in [-0.2, -0.15) is 0 Å². The van der Waals surface area contributed by atoms with E-state index in [-0.39, 0.29) is 30.0 Å². The lowest BCUT2D eigenvalue weighted by atomic mass is 10.0. The maximum absolute atomic E-state index is 13.1. The zero-order valence-electron chi connectivity index (χ0n) is 16.3. The minimum absolute atomic E-state index is 0.0379. The van der Waals surface area contributed by atoms with Crippen molar-refractivity contribution in [3.05, 3.63) is 58.6 Å². The van der Waals surface area contributed by atoms with Crippen molar-refractivity contribution >= 4 is 33.0 Å². The molecular formula is C21H23ClN2O4S. The molecule has 154 valence electrons. The van der Waals surface area contributed by atoms with E-state index in [4.69, 9.17) is 16.3 Å². The number of aryl methyl sites for hydroxylation is 1. The highest BCUT2D eigenvalue weighted by Crippen LogP contribution is 2.34. The summed E-state index contributed by atoms with van der Waals surface area (Å²) in [5.74, 6) is 0.594. The normalized spacial score (nSPS) is 23.8. The van der Waals surface area contributed by atoms with Crippen LogP contribution in [0.1, 0.15) is 11.1 Å². The summed E-state index contributed by atoms with van der Waals surface area (Å²) in [7, 11) is -1.65. The summed E-state index contributed by atoms with van der Waals surface area (Å²) in [4.78, 5) is 16.7. The zero-order chi connectivity index (χ0) is 20.8. The van der Waals surface area contributed by atoms with Gasteiger partial charge in [-0.05, 0) is 30.7 Å². The molecule has 0 aliphatic carbocycles. The number of hydrogen-bond donors (Lipinski definition) is 0. The number of sulfone groups is 1. The number of anilines is 1. The van der Waals surface area contributed by atoms with E-state index in [1.165, 1.54) is 0 Å². The summed E-state index contributed by atoms with van der Waals surface area (Å²) >= 11 is 6.27. The molecule has 2 heterocycles. The summed E-state index contributed by atoms with van der Waals surface area (Å²) in [6, 6.07) is 12.3. The number of fused-ring (bicyclic) bond motifs is 1. The second kappa shape index (κ2) is 7.63. The van der Waals surface area contributed by atoms with Crippen LogP contribution in [0.25, 0.3) is 0 Å². The van der Waals surface area contributed by atoms with Gasteiger partial charge < -0.3 is 9.64 Å². The fourth-order valence-electron chi connectivity index (χ4n) is 4.25. The number of carbonyl (C=O) groups excluding carboxylic acids is 1. The van der Waals surface area contributed by atoms with Crippen LogP contribution in [0.2, 0.25) is 5.02 Å². The van der Waals surface area contributed by atoms with Crippen LogP contribution >= 0.6 is 11.6 Å². The number of nitrogens with zero attached hydrogens (tertiary/aromatic N) is 2. The van der Waals surface area contributed by atoms with Crippen LogP contribution in [0.3, 0.4) is 0 Å². The Morgan fingerprint density at radius 1 is 1.14 bits per heavy atom. The number of piperazine rings is 1. The third kappa shape index (κ3) is 3.86. The Balaban J connectivity index is 1.69. The molecule has 2 atom stereocenters. The van der Waals surface area contributed by atoms with Gasteiger partial charge >= 0.3 is 0 Å². The third-order valence-electron chi connectivity index (χ3n) is 5.70. The van der Waals surface area contributed by atoms with E-state index in [0.717, 1.165) is 16.9 Å². The Morgan fingerprint density at radius 2 is 1.86 bits per heavy atom. The summed E-state index contributed by atoms with van der Waals surface area (Å²) in [5, 5.41) is 0.559. The van der Waals surface area contributed by atoms with E-state index >= 15 is 0 Å². The number of benzene rings is 2. The van der Waals surface area contributed by atoms with Crippen LogP contribution in [-0.4, -0.2) is 56.5 Å². The molecule has 2 unspecified atom stereocenters. The molecule has 2 saturated heterocycles. The van der Waals surface area contributed by atoms with Crippen LogP contribution in [0.5, 0.6) is 5.75 Å². The van der Waals surface area contributed by atoms with Crippen molar-refractivity contribution in [2.45, 2.75) is 25.6 Å². The Hall–Kier alpha value is -2.09. The molecule has 0 bridgehead atoms. The van der Waals surface area contributed by atoms with E-state index in [1.54, 1.807) is 18.1 Å². The van der Waals surface area contributed by atoms with Gasteiger partial charge in [0, 0.05) is 28.9 Å². The van der Waals surface area contributed by atoms with E-state index in [9.17, 15) is 13.2 Å². The Morgan fingerprint density at radius 3 is 2.59 bits per heavy atom. The average Bonchev–Trinajstić information content (AvgIpc) is 3.00. The smallest absolute Gasteiger partial charge is 0.241 e. The fraction of sp³-hybridized carbons (Fsp3) is 0.381. The second-order valence-electron chi connectivity index (χ2n) is 7.63. The highest BCUT2D eigenvalue weighted by molar-refractivity contribution is 7.91. The van der Waals surface area contributed by atoms with Crippen molar-refractivity contribution in [2.24, 2.45) is 0 Å². The minimum atomic E-state index is -3.25. The molecule has 2 aromatic carbocycles. The Kier molecular flexibility index (Phi) is 5.31. The molecule has 0 radical (unpaired) electrons. The molecule has 29 heavy (non-hydrogen) atoms. The molecule has 8 heteroatoms. The number of halogens is 1. The predicted octanol–water partition coefficient (Wildman–Crippen LogP) is 2.67. The molecule has 0 aromatic heterocycles. The van der Waals surface area contributed by atoms with Gasteiger partial charge in [-0.3, -0.25) is 9.69 Å². The Labute approximate surface area is 175 Å². The number of para-hydroxylation sites is 1. The van der Waals surface area contributed by atoms with Crippen LogP contribution < -0.4 is 9.64 Å². The van der Waals surface area contributed by atoms with Crippen molar-refractivity contribution in [3.8, 4) is 5.75 Å². The first-order valence-electron chi connectivity index (χ1n) is 9.43. The standard InChI is InChI=1S/C21H23ClN2O4S/c1-14-7-8-16(9-17(14)22)24-19-13-29(26,27)12-18(19)23(11-21(24)25)10-15-5-3-4-6-20(15)28-2/h3-9,18-19H,10-13H2,1-2H3. The highest BCUT2D eigenvalue weighted by atomic mass is 35.5. The largest absolute Gasteiger partial charge is 0.496 e. The van der Waals surface area contributed by atoms with Crippen molar-refractivity contribution < 1.29 is 17.9 Å². The Bertz CT molecular complexity index is 1060. The number of methoxy groups -OCH3 is 1. The van der Waals surface area contributed by atoms with Gasteiger partial charge in [0.2, 0.25) is 5.91 Å². The number of carbonyl (C=O) groups is 1. The van der Waals surface area contributed by atoms with Gasteiger partial charge in [0.05, 0.1) is 31.2 Å². The zero-order valence-corrected chi connectivity index (χ0v) is 17.9. The quantitative estimate of drug-likeness (QED) is 0.740. The topological polar surface area (TPSA) is 66.9 Å². The van der Waals surface area contributed by atoms with Gasteiger partial charge in [0.15, 0.2) is 9.84 Å². The van der Waals surface area contributed by atoms with Crippen molar-refractivity contribution in [3.63, 3.8) is 0 Å². The molecule has 0 N–H and O–H groups in total. The first-order chi connectivity index (χ1) is 13.8. The monoisotopic (exact) mass is 434 g/mol. The molecular weight excluding hydrogens is 412 g/mol. The van der Waals surface area contributed by atoms with Crippen LogP contribution in [0.15, 0.2) is 42.5 Å². The predicted molar refractivity (Wildman–Crippen MR) is 113 cm³/mol. The van der Waals surface area contributed by atoms with Crippen LogP contribution in [0.4, 0.5) is 5.69 Å². The lowest BCUT2D eigenvalue weighted by Crippen LogP contribution is -2.61. The summed E-state index contributed by atoms with van der Waals surface area (Å²) in [6.45, 7) is 2.48. The summed E-state index contributed by atoms with van der Waals surface area (Å²) in [5.41, 5.74) is 2.49. The van der Waals surface area contributed by atoms with Gasteiger partial charge in [-0.25, -0.2) is 8.42 Å². The first-order valence-corrected chi connectivity index (χ1v) is 11.6. The molecule has 2 fully saturated rings. The number of rotatable bonds is 4. The maximum atomic E-state index is 13.1. The number of ether oxygens (including phenoxy) is 1. The van der Waals surface area contributed by atoms with Crippen molar-refractivity contribution in [2.75, 3.05) is 30.1 Å². The van der Waals surface area contributed by atoms with Crippen LogP contribution in [0, 0.1) is 6.92 Å². The molecule has 4 rings (SSSR count). The molecule has 2 aliphatic heterocycles. The molecule has 2 aromatic rings. The molecule has 0 saturated carbocycles. The number of amides is 1. The van der Waals surface area contributed by atoms with Crippen LogP contribution in [-0.2, 0) is 21.2 Å². The lowest BCUT2D eigenvalue weighted by molar-refractivity contribution is -0.123. The van der Waals surface area contributed by atoms with Gasteiger partial charge in [-0.1, -0.05) is 35.9 Å². The fourth-order valence-corrected chi connectivity index (χ4v) is 6.41. The molecule has 2 aliphatic rings.